The number of nitro benzene ring substituents is 1. The van der Waals surface area contributed by atoms with E-state index in [4.69, 9.17) is 19.6 Å². The van der Waals surface area contributed by atoms with E-state index in [0.29, 0.717) is 10.9 Å². The van der Waals surface area contributed by atoms with Crippen molar-refractivity contribution in [3.63, 3.8) is 0 Å². The molecule has 1 aliphatic rings. The van der Waals surface area contributed by atoms with Gasteiger partial charge in [0.25, 0.3) is 5.69 Å². The number of nitrogens with zero attached hydrogens (tertiary/aromatic N) is 1. The molecule has 0 bridgehead atoms. The minimum absolute atomic E-state index is 0.0128. The summed E-state index contributed by atoms with van der Waals surface area (Å²) in [4.78, 5) is 36.0. The number of hydrogen-bond donors (Lipinski definition) is 1. The van der Waals surface area contributed by atoms with Crippen LogP contribution >= 0.6 is 0 Å². The number of hydrogen-bond acceptors (Lipinski definition) is 8. The summed E-state index contributed by atoms with van der Waals surface area (Å²) in [6.45, 7) is 0. The Morgan fingerprint density at radius 3 is 2.69 bits per heavy atom. The first-order chi connectivity index (χ1) is 13.9. The molecular formula is C20H14N2O7. The summed E-state index contributed by atoms with van der Waals surface area (Å²) in [6, 6.07) is 12.3. The molecule has 29 heavy (non-hydrogen) atoms. The Morgan fingerprint density at radius 2 is 1.97 bits per heavy atom. The number of ether oxygens (including phenoxy) is 2. The van der Waals surface area contributed by atoms with Crippen molar-refractivity contribution < 1.29 is 23.6 Å². The second-order valence-electron chi connectivity index (χ2n) is 6.29. The van der Waals surface area contributed by atoms with Crippen molar-refractivity contribution in [2.24, 2.45) is 5.73 Å². The summed E-state index contributed by atoms with van der Waals surface area (Å²) in [5.74, 6) is -2.00. The van der Waals surface area contributed by atoms with E-state index in [1.165, 1.54) is 18.2 Å². The average molecular weight is 394 g/mol. The number of para-hydroxylation sites is 1. The van der Waals surface area contributed by atoms with E-state index in [1.54, 1.807) is 30.3 Å². The van der Waals surface area contributed by atoms with Gasteiger partial charge in [-0.05, 0) is 17.7 Å². The van der Waals surface area contributed by atoms with E-state index in [2.05, 4.69) is 0 Å². The maximum atomic E-state index is 12.8. The highest BCUT2D eigenvalue weighted by atomic mass is 16.6. The average Bonchev–Trinajstić information content (AvgIpc) is 2.72. The molecule has 0 radical (unpaired) electrons. The van der Waals surface area contributed by atoms with Crippen molar-refractivity contribution in [3.05, 3.63) is 91.6 Å². The molecule has 0 amide bonds. The van der Waals surface area contributed by atoms with Crippen molar-refractivity contribution in [1.82, 2.24) is 0 Å². The predicted molar refractivity (Wildman–Crippen MR) is 101 cm³/mol. The van der Waals surface area contributed by atoms with Crippen LogP contribution in [0.5, 0.6) is 5.75 Å². The van der Waals surface area contributed by atoms with E-state index in [-0.39, 0.29) is 34.0 Å². The second-order valence-corrected chi connectivity index (χ2v) is 6.29. The lowest BCUT2D eigenvalue weighted by Crippen LogP contribution is -2.30. The van der Waals surface area contributed by atoms with Gasteiger partial charge in [-0.15, -0.1) is 0 Å². The van der Waals surface area contributed by atoms with Gasteiger partial charge in [0, 0.05) is 12.1 Å². The van der Waals surface area contributed by atoms with Crippen LogP contribution in [0.1, 0.15) is 17.0 Å². The second kappa shape index (κ2) is 6.79. The standard InChI is InChI=1S/C20H14N2O7/c1-27-19(23)16-14(10-5-4-6-11(9-10)22(25)26)15-17(29-18(16)21)12-7-2-3-8-13(12)28-20(15)24/h2-9,14H,21H2,1H3/t14-/m1/s1. The number of esters is 1. The molecule has 0 spiro atoms. The Balaban J connectivity index is 2.07. The van der Waals surface area contributed by atoms with Gasteiger partial charge < -0.3 is 19.6 Å². The fraction of sp³-hybridized carbons (Fsp3) is 0.100. The number of carbonyl (C=O) groups is 1. The SMILES string of the molecule is COC(=O)C1=C(N)Oc2c(c(=O)oc3ccccc23)[C@H]1c1cccc([N+](=O)[O-])c1. The zero-order chi connectivity index (χ0) is 20.7. The predicted octanol–water partition coefficient (Wildman–Crippen LogP) is 2.57. The van der Waals surface area contributed by atoms with Gasteiger partial charge in [0.15, 0.2) is 5.75 Å². The molecule has 1 atom stereocenters. The van der Waals surface area contributed by atoms with Crippen LogP contribution in [0.25, 0.3) is 11.0 Å². The lowest BCUT2D eigenvalue weighted by molar-refractivity contribution is -0.384. The van der Waals surface area contributed by atoms with E-state index in [1.807, 2.05) is 0 Å². The molecule has 3 aromatic rings. The highest BCUT2D eigenvalue weighted by Crippen LogP contribution is 2.44. The summed E-state index contributed by atoms with van der Waals surface area (Å²) in [7, 11) is 1.16. The zero-order valence-electron chi connectivity index (χ0n) is 15.1. The summed E-state index contributed by atoms with van der Waals surface area (Å²) in [6.07, 6.45) is 0. The molecule has 2 aromatic carbocycles. The number of methoxy groups -OCH3 is 1. The van der Waals surface area contributed by atoms with E-state index in [9.17, 15) is 19.7 Å². The topological polar surface area (TPSA) is 135 Å². The van der Waals surface area contributed by atoms with E-state index < -0.39 is 22.4 Å². The normalized spacial score (nSPS) is 15.6. The minimum atomic E-state index is -1.06. The van der Waals surface area contributed by atoms with Crippen LogP contribution in [0.2, 0.25) is 0 Å². The van der Waals surface area contributed by atoms with Crippen LogP contribution in [0, 0.1) is 10.1 Å². The molecule has 0 unspecified atom stereocenters. The van der Waals surface area contributed by atoms with Crippen LogP contribution in [0.3, 0.4) is 0 Å². The molecule has 0 aliphatic carbocycles. The van der Waals surface area contributed by atoms with Crippen molar-refractivity contribution in [2.45, 2.75) is 5.92 Å². The first kappa shape index (κ1) is 18.2. The number of benzene rings is 2. The van der Waals surface area contributed by atoms with Gasteiger partial charge in [0.2, 0.25) is 5.88 Å². The number of fused-ring (bicyclic) bond motifs is 3. The van der Waals surface area contributed by atoms with Crippen LogP contribution in [0.15, 0.2) is 69.2 Å². The highest BCUT2D eigenvalue weighted by molar-refractivity contribution is 5.94. The third kappa shape index (κ3) is 2.89. The smallest absolute Gasteiger partial charge is 0.344 e. The lowest BCUT2D eigenvalue weighted by Gasteiger charge is -2.27. The molecule has 2 heterocycles. The quantitative estimate of drug-likeness (QED) is 0.310. The first-order valence-electron chi connectivity index (χ1n) is 8.48. The number of non-ortho nitro benzene ring substituents is 1. The molecular weight excluding hydrogens is 380 g/mol. The van der Waals surface area contributed by atoms with Gasteiger partial charge in [0.05, 0.1) is 28.9 Å². The maximum absolute atomic E-state index is 12.8. The summed E-state index contributed by atoms with van der Waals surface area (Å²) in [5, 5.41) is 11.7. The Labute approximate surface area is 163 Å². The van der Waals surface area contributed by atoms with Gasteiger partial charge in [-0.1, -0.05) is 24.3 Å². The van der Waals surface area contributed by atoms with Gasteiger partial charge >= 0.3 is 11.6 Å². The van der Waals surface area contributed by atoms with Crippen LogP contribution in [-0.2, 0) is 9.53 Å². The van der Waals surface area contributed by atoms with Gasteiger partial charge in [0.1, 0.15) is 11.2 Å². The van der Waals surface area contributed by atoms with E-state index in [0.717, 1.165) is 7.11 Å². The fourth-order valence-electron chi connectivity index (χ4n) is 3.43. The molecule has 1 aromatic heterocycles. The summed E-state index contributed by atoms with van der Waals surface area (Å²) >= 11 is 0. The fourth-order valence-corrected chi connectivity index (χ4v) is 3.43. The van der Waals surface area contributed by atoms with Crippen LogP contribution in [-0.4, -0.2) is 18.0 Å². The van der Waals surface area contributed by atoms with E-state index >= 15 is 0 Å². The third-order valence-electron chi connectivity index (χ3n) is 4.67. The van der Waals surface area contributed by atoms with Crippen LogP contribution in [0.4, 0.5) is 5.69 Å². The number of carbonyl (C=O) groups excluding carboxylic acids is 1. The monoisotopic (exact) mass is 394 g/mol. The summed E-state index contributed by atoms with van der Waals surface area (Å²) < 4.78 is 15.9. The van der Waals surface area contributed by atoms with Crippen molar-refractivity contribution in [2.75, 3.05) is 7.11 Å². The lowest BCUT2D eigenvalue weighted by atomic mass is 9.83. The van der Waals surface area contributed by atoms with Crippen molar-refractivity contribution >= 4 is 22.6 Å². The molecule has 146 valence electrons. The number of nitro groups is 1. The maximum Gasteiger partial charge on any atom is 0.344 e. The minimum Gasteiger partial charge on any atom is -0.465 e. The molecule has 9 heteroatoms. The third-order valence-corrected chi connectivity index (χ3v) is 4.67. The Hall–Kier alpha value is -4.14. The number of rotatable bonds is 3. The Kier molecular flexibility index (Phi) is 4.27. The van der Waals surface area contributed by atoms with Gasteiger partial charge in [-0.25, -0.2) is 9.59 Å². The summed E-state index contributed by atoms with van der Waals surface area (Å²) in [5.41, 5.74) is 5.53. The molecule has 0 fully saturated rings. The highest BCUT2D eigenvalue weighted by Gasteiger charge is 2.39. The van der Waals surface area contributed by atoms with Gasteiger partial charge in [-0.2, -0.15) is 0 Å². The van der Waals surface area contributed by atoms with Crippen LogP contribution < -0.4 is 16.1 Å². The molecule has 9 nitrogen and oxygen atoms in total. The Bertz CT molecular complexity index is 1260. The van der Waals surface area contributed by atoms with Crippen molar-refractivity contribution in [1.29, 1.82) is 0 Å². The molecule has 4 rings (SSSR count). The number of nitrogens with two attached hydrogens (primary N) is 1. The molecule has 1 aliphatic heterocycles. The first-order valence-corrected chi connectivity index (χ1v) is 8.48. The van der Waals surface area contributed by atoms with Gasteiger partial charge in [-0.3, -0.25) is 10.1 Å². The molecule has 0 saturated heterocycles. The zero-order valence-corrected chi connectivity index (χ0v) is 15.1. The molecule has 0 saturated carbocycles. The van der Waals surface area contributed by atoms with Crippen molar-refractivity contribution in [3.8, 4) is 5.75 Å². The Morgan fingerprint density at radius 1 is 1.21 bits per heavy atom. The molecule has 2 N–H and O–H groups in total. The largest absolute Gasteiger partial charge is 0.465 e.